The predicted molar refractivity (Wildman–Crippen MR) is 110 cm³/mol. The van der Waals surface area contributed by atoms with Gasteiger partial charge in [0.15, 0.2) is 0 Å². The van der Waals surface area contributed by atoms with E-state index in [4.69, 9.17) is 4.74 Å². The normalized spacial score (nSPS) is 11.5. The molecule has 0 fully saturated rings. The summed E-state index contributed by atoms with van der Waals surface area (Å²) in [7, 11) is -3.85. The number of aromatic nitrogens is 1. The summed E-state index contributed by atoms with van der Waals surface area (Å²) in [6.07, 6.45) is 0. The molecule has 0 spiro atoms. The third-order valence-electron chi connectivity index (χ3n) is 4.25. The smallest absolute Gasteiger partial charge is 0.338 e. The second kappa shape index (κ2) is 7.76. The number of carbonyl (C=O) groups excluding carboxylic acids is 1. The van der Waals surface area contributed by atoms with Crippen molar-refractivity contribution in [3.8, 4) is 0 Å². The summed E-state index contributed by atoms with van der Waals surface area (Å²) in [6, 6.07) is 9.24. The Hall–Kier alpha value is -2.65. The third kappa shape index (κ3) is 3.81. The Kier molecular flexibility index (Phi) is 5.57. The quantitative estimate of drug-likeness (QED) is 0.617. The summed E-state index contributed by atoms with van der Waals surface area (Å²) in [6.45, 7) is 6.07. The lowest BCUT2D eigenvalue weighted by atomic mass is 10.1. The van der Waals surface area contributed by atoms with Crippen molar-refractivity contribution in [1.29, 1.82) is 0 Å². The number of ether oxygens (including phenoxy) is 1. The fourth-order valence-corrected chi connectivity index (χ4v) is 5.06. The van der Waals surface area contributed by atoms with Crippen LogP contribution in [0.3, 0.4) is 0 Å². The molecule has 0 amide bonds. The minimum absolute atomic E-state index is 0.0679. The second-order valence-electron chi connectivity index (χ2n) is 6.10. The Labute approximate surface area is 166 Å². The van der Waals surface area contributed by atoms with Crippen LogP contribution in [0.4, 0.5) is 5.69 Å². The van der Waals surface area contributed by atoms with Crippen LogP contribution >= 0.6 is 11.3 Å². The molecule has 3 rings (SSSR count). The van der Waals surface area contributed by atoms with Crippen molar-refractivity contribution in [2.75, 3.05) is 11.3 Å². The molecule has 0 bridgehead atoms. The highest BCUT2D eigenvalue weighted by atomic mass is 32.2. The van der Waals surface area contributed by atoms with Gasteiger partial charge in [-0.1, -0.05) is 11.3 Å². The Morgan fingerprint density at radius 1 is 1.18 bits per heavy atom. The molecule has 0 radical (unpaired) electrons. The molecule has 0 aliphatic rings. The highest BCUT2D eigenvalue weighted by molar-refractivity contribution is 7.92. The first-order valence-electron chi connectivity index (χ1n) is 8.70. The zero-order chi connectivity index (χ0) is 20.5. The number of nitrogens with zero attached hydrogens (tertiary/aromatic N) is 1. The molecule has 3 aromatic rings. The Morgan fingerprint density at radius 2 is 1.93 bits per heavy atom. The molecule has 0 saturated heterocycles. The van der Waals surface area contributed by atoms with Crippen LogP contribution in [0.25, 0.3) is 10.2 Å². The predicted octanol–water partition coefficient (Wildman–Crippen LogP) is 3.37. The SMILES string of the molecule is CCOC(=O)c1ccc(NS(=O)(=O)c2ccc3c(c2)sc(=O)n3CC)c(C)c1. The second-order valence-corrected chi connectivity index (χ2v) is 8.77. The monoisotopic (exact) mass is 420 g/mol. The average molecular weight is 421 g/mol. The maximum absolute atomic E-state index is 12.8. The van der Waals surface area contributed by atoms with Gasteiger partial charge in [-0.25, -0.2) is 13.2 Å². The van der Waals surface area contributed by atoms with Crippen LogP contribution in [0.15, 0.2) is 46.1 Å². The van der Waals surface area contributed by atoms with E-state index in [0.29, 0.717) is 33.6 Å². The lowest BCUT2D eigenvalue weighted by molar-refractivity contribution is 0.0526. The number of rotatable bonds is 6. The molecule has 28 heavy (non-hydrogen) atoms. The van der Waals surface area contributed by atoms with Gasteiger partial charge in [-0.3, -0.25) is 14.1 Å². The molecule has 9 heteroatoms. The summed E-state index contributed by atoms with van der Waals surface area (Å²) in [5.41, 5.74) is 2.03. The van der Waals surface area contributed by atoms with Crippen LogP contribution < -0.4 is 9.60 Å². The van der Waals surface area contributed by atoms with Crippen molar-refractivity contribution >= 4 is 43.2 Å². The van der Waals surface area contributed by atoms with Crippen molar-refractivity contribution in [2.24, 2.45) is 0 Å². The molecule has 2 aromatic carbocycles. The fraction of sp³-hybridized carbons (Fsp3) is 0.263. The van der Waals surface area contributed by atoms with Gasteiger partial charge in [0.25, 0.3) is 10.0 Å². The number of anilines is 1. The zero-order valence-electron chi connectivity index (χ0n) is 15.7. The van der Waals surface area contributed by atoms with Crippen LogP contribution in [0, 0.1) is 6.92 Å². The van der Waals surface area contributed by atoms with Gasteiger partial charge < -0.3 is 4.74 Å². The van der Waals surface area contributed by atoms with Crippen molar-refractivity contribution in [3.63, 3.8) is 0 Å². The Bertz CT molecular complexity index is 1210. The van der Waals surface area contributed by atoms with Crippen molar-refractivity contribution < 1.29 is 17.9 Å². The van der Waals surface area contributed by atoms with Crippen LogP contribution in [-0.2, 0) is 21.3 Å². The van der Waals surface area contributed by atoms with Crippen LogP contribution in [0.1, 0.15) is 29.8 Å². The molecular formula is C19H20N2O5S2. The number of carbonyl (C=O) groups is 1. The van der Waals surface area contributed by atoms with Gasteiger partial charge in [-0.05, 0) is 62.7 Å². The molecule has 7 nitrogen and oxygen atoms in total. The highest BCUT2D eigenvalue weighted by Crippen LogP contribution is 2.25. The van der Waals surface area contributed by atoms with E-state index in [1.165, 1.54) is 24.3 Å². The maximum atomic E-state index is 12.8. The molecular weight excluding hydrogens is 400 g/mol. The number of fused-ring (bicyclic) bond motifs is 1. The number of benzene rings is 2. The number of sulfonamides is 1. The summed E-state index contributed by atoms with van der Waals surface area (Å²) < 4.78 is 35.3. The van der Waals surface area contributed by atoms with Crippen molar-refractivity contribution in [3.05, 3.63) is 57.2 Å². The number of esters is 1. The number of hydrogen-bond donors (Lipinski definition) is 1. The summed E-state index contributed by atoms with van der Waals surface area (Å²) >= 11 is 1.02. The first-order chi connectivity index (χ1) is 13.3. The standard InChI is InChI=1S/C19H20N2O5S2/c1-4-21-16-9-7-14(11-17(16)27-19(21)23)28(24,25)20-15-8-6-13(10-12(15)3)18(22)26-5-2/h6-11,20H,4-5H2,1-3H3. The molecule has 0 atom stereocenters. The van der Waals surface area contributed by atoms with E-state index in [2.05, 4.69) is 4.72 Å². The van der Waals surface area contributed by atoms with Gasteiger partial charge in [-0.15, -0.1) is 0 Å². The number of hydrogen-bond acceptors (Lipinski definition) is 6. The molecule has 1 heterocycles. The van der Waals surface area contributed by atoms with Gasteiger partial charge in [-0.2, -0.15) is 0 Å². The molecule has 0 unspecified atom stereocenters. The average Bonchev–Trinajstić information content (AvgIpc) is 2.97. The van der Waals surface area contributed by atoms with E-state index in [0.717, 1.165) is 11.3 Å². The van der Waals surface area contributed by atoms with Crippen molar-refractivity contribution in [2.45, 2.75) is 32.2 Å². The van der Waals surface area contributed by atoms with E-state index in [9.17, 15) is 18.0 Å². The largest absolute Gasteiger partial charge is 0.462 e. The fourth-order valence-electron chi connectivity index (χ4n) is 2.84. The van der Waals surface area contributed by atoms with E-state index < -0.39 is 16.0 Å². The van der Waals surface area contributed by atoms with Crippen LogP contribution in [-0.4, -0.2) is 25.6 Å². The highest BCUT2D eigenvalue weighted by Gasteiger charge is 2.18. The molecule has 1 aromatic heterocycles. The number of thiazole rings is 1. The van der Waals surface area contributed by atoms with E-state index >= 15 is 0 Å². The summed E-state index contributed by atoms with van der Waals surface area (Å²) in [5, 5.41) is 0. The molecule has 1 N–H and O–H groups in total. The van der Waals surface area contributed by atoms with Gasteiger partial charge >= 0.3 is 10.8 Å². The third-order valence-corrected chi connectivity index (χ3v) is 6.55. The molecule has 0 saturated carbocycles. The lowest BCUT2D eigenvalue weighted by Gasteiger charge is -2.12. The summed E-state index contributed by atoms with van der Waals surface area (Å²) in [5.74, 6) is -0.458. The van der Waals surface area contributed by atoms with Crippen LogP contribution in [0.5, 0.6) is 0 Å². The van der Waals surface area contributed by atoms with Crippen LogP contribution in [0.2, 0.25) is 0 Å². The van der Waals surface area contributed by atoms with Crippen molar-refractivity contribution in [1.82, 2.24) is 4.57 Å². The molecule has 0 aliphatic heterocycles. The first-order valence-corrected chi connectivity index (χ1v) is 11.0. The maximum Gasteiger partial charge on any atom is 0.338 e. The zero-order valence-corrected chi connectivity index (χ0v) is 17.3. The lowest BCUT2D eigenvalue weighted by Crippen LogP contribution is -2.14. The Balaban J connectivity index is 1.92. The topological polar surface area (TPSA) is 94.5 Å². The first kappa shape index (κ1) is 20.1. The minimum atomic E-state index is -3.85. The van der Waals surface area contributed by atoms with E-state index in [1.807, 2.05) is 6.92 Å². The minimum Gasteiger partial charge on any atom is -0.462 e. The van der Waals surface area contributed by atoms with Gasteiger partial charge in [0.2, 0.25) is 0 Å². The number of nitrogens with one attached hydrogen (secondary N) is 1. The van der Waals surface area contributed by atoms with Gasteiger partial charge in [0, 0.05) is 6.54 Å². The van der Waals surface area contributed by atoms with E-state index in [-0.39, 0.29) is 16.4 Å². The molecule has 0 aliphatic carbocycles. The number of aryl methyl sites for hydroxylation is 2. The summed E-state index contributed by atoms with van der Waals surface area (Å²) in [4.78, 5) is 23.7. The van der Waals surface area contributed by atoms with Gasteiger partial charge in [0.1, 0.15) is 0 Å². The van der Waals surface area contributed by atoms with E-state index in [1.54, 1.807) is 30.5 Å². The molecule has 148 valence electrons. The Morgan fingerprint density at radius 3 is 2.57 bits per heavy atom. The van der Waals surface area contributed by atoms with Gasteiger partial charge in [0.05, 0.1) is 33.0 Å².